The number of hydrogen-bond acceptors (Lipinski definition) is 3. The summed E-state index contributed by atoms with van der Waals surface area (Å²) in [6.45, 7) is 7.64. The molecule has 0 aliphatic carbocycles. The van der Waals surface area contributed by atoms with Crippen LogP contribution in [-0.4, -0.2) is 40.8 Å². The molecule has 0 radical (unpaired) electrons. The van der Waals surface area contributed by atoms with Gasteiger partial charge in [-0.3, -0.25) is 5.10 Å². The standard InChI is InChI=1S/C13H24N4/c1-10-13(11(2)16-15-10)6-4-8-17-7-3-5-12(14)9-17/h12H,3-9,14H2,1-2H3,(H,15,16). The molecule has 0 aromatic carbocycles. The fourth-order valence-corrected chi connectivity index (χ4v) is 2.72. The van der Waals surface area contributed by atoms with Gasteiger partial charge in [-0.05, 0) is 58.2 Å². The first-order valence-corrected chi connectivity index (χ1v) is 6.65. The Bertz CT molecular complexity index is 339. The minimum absolute atomic E-state index is 0.390. The van der Waals surface area contributed by atoms with E-state index >= 15 is 0 Å². The van der Waals surface area contributed by atoms with E-state index in [4.69, 9.17) is 5.73 Å². The molecule has 1 fully saturated rings. The van der Waals surface area contributed by atoms with Crippen molar-refractivity contribution in [3.8, 4) is 0 Å². The lowest BCUT2D eigenvalue weighted by Crippen LogP contribution is -2.43. The maximum atomic E-state index is 5.98. The van der Waals surface area contributed by atoms with Crippen LogP contribution >= 0.6 is 0 Å². The van der Waals surface area contributed by atoms with Gasteiger partial charge in [0.15, 0.2) is 0 Å². The Morgan fingerprint density at radius 1 is 1.47 bits per heavy atom. The molecule has 0 saturated carbocycles. The average molecular weight is 236 g/mol. The molecule has 4 nitrogen and oxygen atoms in total. The first kappa shape index (κ1) is 12.6. The van der Waals surface area contributed by atoms with Crippen molar-refractivity contribution >= 4 is 0 Å². The predicted molar refractivity (Wildman–Crippen MR) is 70.0 cm³/mol. The van der Waals surface area contributed by atoms with Crippen LogP contribution in [-0.2, 0) is 6.42 Å². The Labute approximate surface area is 104 Å². The molecule has 17 heavy (non-hydrogen) atoms. The number of aryl methyl sites for hydroxylation is 2. The van der Waals surface area contributed by atoms with Crippen molar-refractivity contribution in [1.82, 2.24) is 15.1 Å². The largest absolute Gasteiger partial charge is 0.327 e. The molecule has 1 atom stereocenters. The third kappa shape index (κ3) is 3.30. The summed E-state index contributed by atoms with van der Waals surface area (Å²) in [4.78, 5) is 2.50. The molecule has 4 heteroatoms. The van der Waals surface area contributed by atoms with Crippen LogP contribution in [0.3, 0.4) is 0 Å². The van der Waals surface area contributed by atoms with Crippen LogP contribution in [0.25, 0.3) is 0 Å². The molecule has 1 aliphatic rings. The fourth-order valence-electron chi connectivity index (χ4n) is 2.72. The van der Waals surface area contributed by atoms with Crippen LogP contribution in [0.1, 0.15) is 36.2 Å². The van der Waals surface area contributed by atoms with Gasteiger partial charge >= 0.3 is 0 Å². The summed E-state index contributed by atoms with van der Waals surface area (Å²) in [6, 6.07) is 0.390. The van der Waals surface area contributed by atoms with Gasteiger partial charge in [0, 0.05) is 18.3 Å². The number of hydrogen-bond donors (Lipinski definition) is 2. The van der Waals surface area contributed by atoms with E-state index < -0.39 is 0 Å². The number of aromatic nitrogens is 2. The van der Waals surface area contributed by atoms with E-state index in [0.717, 1.165) is 25.2 Å². The van der Waals surface area contributed by atoms with Gasteiger partial charge in [0.25, 0.3) is 0 Å². The molecular formula is C13H24N4. The summed E-state index contributed by atoms with van der Waals surface area (Å²) in [7, 11) is 0. The lowest BCUT2D eigenvalue weighted by molar-refractivity contribution is 0.207. The first-order valence-electron chi connectivity index (χ1n) is 6.65. The SMILES string of the molecule is Cc1n[nH]c(C)c1CCCN1CCCC(N)C1. The van der Waals surface area contributed by atoms with Crippen LogP contribution in [0, 0.1) is 13.8 Å². The zero-order valence-corrected chi connectivity index (χ0v) is 11.0. The first-order chi connectivity index (χ1) is 8.16. The third-order valence-corrected chi connectivity index (χ3v) is 3.72. The number of piperidine rings is 1. The second-order valence-electron chi connectivity index (χ2n) is 5.22. The molecule has 2 heterocycles. The zero-order valence-electron chi connectivity index (χ0n) is 11.0. The van der Waals surface area contributed by atoms with Crippen molar-refractivity contribution in [2.24, 2.45) is 5.73 Å². The van der Waals surface area contributed by atoms with E-state index in [-0.39, 0.29) is 0 Å². The van der Waals surface area contributed by atoms with Gasteiger partial charge in [-0.25, -0.2) is 0 Å². The van der Waals surface area contributed by atoms with Crippen LogP contribution < -0.4 is 5.73 Å². The van der Waals surface area contributed by atoms with Crippen molar-refractivity contribution in [3.63, 3.8) is 0 Å². The molecule has 0 spiro atoms. The highest BCUT2D eigenvalue weighted by atomic mass is 15.1. The van der Waals surface area contributed by atoms with Gasteiger partial charge in [0.1, 0.15) is 0 Å². The Morgan fingerprint density at radius 2 is 2.29 bits per heavy atom. The minimum Gasteiger partial charge on any atom is -0.327 e. The molecule has 1 aromatic rings. The van der Waals surface area contributed by atoms with Crippen molar-refractivity contribution < 1.29 is 0 Å². The van der Waals surface area contributed by atoms with E-state index in [0.29, 0.717) is 6.04 Å². The van der Waals surface area contributed by atoms with Crippen LogP contribution in [0.2, 0.25) is 0 Å². The summed E-state index contributed by atoms with van der Waals surface area (Å²) < 4.78 is 0. The summed E-state index contributed by atoms with van der Waals surface area (Å²) in [5.41, 5.74) is 9.75. The van der Waals surface area contributed by atoms with Crippen LogP contribution in [0.15, 0.2) is 0 Å². The normalized spacial score (nSPS) is 21.9. The Morgan fingerprint density at radius 3 is 2.94 bits per heavy atom. The lowest BCUT2D eigenvalue weighted by atomic mass is 10.0. The summed E-state index contributed by atoms with van der Waals surface area (Å²) >= 11 is 0. The van der Waals surface area contributed by atoms with Crippen molar-refractivity contribution in [3.05, 3.63) is 17.0 Å². The number of rotatable bonds is 4. The van der Waals surface area contributed by atoms with E-state index in [1.807, 2.05) is 0 Å². The maximum Gasteiger partial charge on any atom is 0.0625 e. The number of nitrogens with one attached hydrogen (secondary N) is 1. The van der Waals surface area contributed by atoms with Gasteiger partial charge < -0.3 is 10.6 Å². The molecule has 3 N–H and O–H groups in total. The van der Waals surface area contributed by atoms with Gasteiger partial charge in [0.2, 0.25) is 0 Å². The second kappa shape index (κ2) is 5.65. The molecule has 1 saturated heterocycles. The molecule has 1 unspecified atom stereocenters. The molecular weight excluding hydrogens is 212 g/mol. The van der Waals surface area contributed by atoms with Gasteiger partial charge in [-0.1, -0.05) is 0 Å². The molecule has 1 aromatic heterocycles. The second-order valence-corrected chi connectivity index (χ2v) is 5.22. The molecule has 0 bridgehead atoms. The molecule has 0 amide bonds. The highest BCUT2D eigenvalue weighted by Crippen LogP contribution is 2.13. The zero-order chi connectivity index (χ0) is 12.3. The van der Waals surface area contributed by atoms with Crippen molar-refractivity contribution in [1.29, 1.82) is 0 Å². The minimum atomic E-state index is 0.390. The quantitative estimate of drug-likeness (QED) is 0.830. The topological polar surface area (TPSA) is 57.9 Å². The predicted octanol–water partition coefficient (Wildman–Crippen LogP) is 1.38. The average Bonchev–Trinajstić information content (AvgIpc) is 2.61. The number of H-pyrrole nitrogens is 1. The number of likely N-dealkylation sites (tertiary alicyclic amines) is 1. The Kier molecular flexibility index (Phi) is 4.18. The van der Waals surface area contributed by atoms with Gasteiger partial charge in [-0.2, -0.15) is 5.10 Å². The molecule has 2 rings (SSSR count). The van der Waals surface area contributed by atoms with E-state index in [9.17, 15) is 0 Å². The van der Waals surface area contributed by atoms with Crippen LogP contribution in [0.4, 0.5) is 0 Å². The summed E-state index contributed by atoms with van der Waals surface area (Å²) in [6.07, 6.45) is 4.77. The number of aromatic amines is 1. The fraction of sp³-hybridized carbons (Fsp3) is 0.769. The number of nitrogens with zero attached hydrogens (tertiary/aromatic N) is 2. The highest BCUT2D eigenvalue weighted by molar-refractivity contribution is 5.23. The van der Waals surface area contributed by atoms with Crippen molar-refractivity contribution in [2.75, 3.05) is 19.6 Å². The van der Waals surface area contributed by atoms with E-state index in [1.54, 1.807) is 0 Å². The van der Waals surface area contributed by atoms with Gasteiger partial charge in [0.05, 0.1) is 5.69 Å². The highest BCUT2D eigenvalue weighted by Gasteiger charge is 2.16. The monoisotopic (exact) mass is 236 g/mol. The molecule has 1 aliphatic heterocycles. The summed E-state index contributed by atoms with van der Waals surface area (Å²) in [5.74, 6) is 0. The van der Waals surface area contributed by atoms with Crippen LogP contribution in [0.5, 0.6) is 0 Å². The smallest absolute Gasteiger partial charge is 0.0625 e. The Balaban J connectivity index is 1.76. The Hall–Kier alpha value is -0.870. The lowest BCUT2D eigenvalue weighted by Gasteiger charge is -2.30. The molecule has 96 valence electrons. The third-order valence-electron chi connectivity index (χ3n) is 3.72. The van der Waals surface area contributed by atoms with E-state index in [1.165, 1.54) is 37.1 Å². The summed E-state index contributed by atoms with van der Waals surface area (Å²) in [5, 5.41) is 7.28. The van der Waals surface area contributed by atoms with Crippen molar-refractivity contribution in [2.45, 2.75) is 45.6 Å². The maximum absolute atomic E-state index is 5.98. The van der Waals surface area contributed by atoms with E-state index in [2.05, 4.69) is 28.9 Å². The van der Waals surface area contributed by atoms with Gasteiger partial charge in [-0.15, -0.1) is 0 Å². The number of nitrogens with two attached hydrogens (primary N) is 1.